The van der Waals surface area contributed by atoms with Crippen molar-refractivity contribution in [1.29, 1.82) is 0 Å². The van der Waals surface area contributed by atoms with Gasteiger partial charge in [-0.15, -0.1) is 0 Å². The Morgan fingerprint density at radius 3 is 2.29 bits per heavy atom. The van der Waals surface area contributed by atoms with E-state index >= 15 is 0 Å². The predicted octanol–water partition coefficient (Wildman–Crippen LogP) is 4.47. The van der Waals surface area contributed by atoms with E-state index in [-0.39, 0.29) is 0 Å². The summed E-state index contributed by atoms with van der Waals surface area (Å²) in [6.45, 7) is 0.887. The number of hydrogen-bond acceptors (Lipinski definition) is 1. The third kappa shape index (κ3) is 1.83. The topological polar surface area (TPSA) is 8.17 Å². The monoisotopic (exact) mass is 274 g/mol. The van der Waals surface area contributed by atoms with Gasteiger partial charge in [-0.1, -0.05) is 54.6 Å². The molecule has 4 aromatic rings. The predicted molar refractivity (Wildman–Crippen MR) is 90.6 cm³/mol. The van der Waals surface area contributed by atoms with E-state index in [0.29, 0.717) is 0 Å². The number of para-hydroxylation sites is 1. The second kappa shape index (κ2) is 4.61. The molecule has 1 heterocycles. The standard InChI is InChI=1S/C19H18N2/c1-20(2)13-21-18-10-6-5-9-16(18)17-12-11-14-7-3-4-8-15(14)19(17)21/h3-12H,13H2,1-2H3. The van der Waals surface area contributed by atoms with E-state index in [2.05, 4.69) is 84.2 Å². The SMILES string of the molecule is CN(C)Cn1c2ccccc2c2ccc3ccccc3c21. The molecular formula is C19H18N2. The Kier molecular flexibility index (Phi) is 2.72. The van der Waals surface area contributed by atoms with E-state index in [1.54, 1.807) is 0 Å². The number of nitrogens with zero attached hydrogens (tertiary/aromatic N) is 2. The van der Waals surface area contributed by atoms with Gasteiger partial charge in [-0.25, -0.2) is 0 Å². The summed E-state index contributed by atoms with van der Waals surface area (Å²) in [5, 5.41) is 5.30. The van der Waals surface area contributed by atoms with Gasteiger partial charge >= 0.3 is 0 Å². The van der Waals surface area contributed by atoms with Gasteiger partial charge < -0.3 is 4.57 Å². The summed E-state index contributed by atoms with van der Waals surface area (Å²) in [4.78, 5) is 2.22. The highest BCUT2D eigenvalue weighted by molar-refractivity contribution is 6.17. The van der Waals surface area contributed by atoms with E-state index in [1.807, 2.05) is 0 Å². The van der Waals surface area contributed by atoms with Crippen LogP contribution in [0.3, 0.4) is 0 Å². The van der Waals surface area contributed by atoms with Crippen LogP contribution in [0.1, 0.15) is 0 Å². The van der Waals surface area contributed by atoms with Crippen molar-refractivity contribution >= 4 is 32.6 Å². The quantitative estimate of drug-likeness (QED) is 0.523. The van der Waals surface area contributed by atoms with Gasteiger partial charge in [0.2, 0.25) is 0 Å². The molecule has 0 bridgehead atoms. The second-order valence-corrected chi connectivity index (χ2v) is 5.85. The minimum atomic E-state index is 0.887. The summed E-state index contributed by atoms with van der Waals surface area (Å²) in [5.74, 6) is 0. The fraction of sp³-hybridized carbons (Fsp3) is 0.158. The number of rotatable bonds is 2. The Balaban J connectivity index is 2.25. The normalized spacial score (nSPS) is 12.0. The second-order valence-electron chi connectivity index (χ2n) is 5.85. The highest BCUT2D eigenvalue weighted by Gasteiger charge is 2.12. The molecule has 1 aromatic heterocycles. The Hall–Kier alpha value is -2.32. The van der Waals surface area contributed by atoms with Gasteiger partial charge in [0.1, 0.15) is 0 Å². The van der Waals surface area contributed by atoms with Crippen molar-refractivity contribution < 1.29 is 0 Å². The Bertz CT molecular complexity index is 948. The molecule has 0 radical (unpaired) electrons. The lowest BCUT2D eigenvalue weighted by atomic mass is 10.1. The van der Waals surface area contributed by atoms with E-state index < -0.39 is 0 Å². The van der Waals surface area contributed by atoms with Crippen molar-refractivity contribution in [2.75, 3.05) is 14.1 Å². The molecule has 0 aliphatic heterocycles. The highest BCUT2D eigenvalue weighted by atomic mass is 15.2. The Morgan fingerprint density at radius 2 is 1.48 bits per heavy atom. The van der Waals surface area contributed by atoms with E-state index in [0.717, 1.165) is 6.67 Å². The zero-order valence-electron chi connectivity index (χ0n) is 12.4. The molecule has 2 heteroatoms. The van der Waals surface area contributed by atoms with Crippen molar-refractivity contribution in [1.82, 2.24) is 9.47 Å². The van der Waals surface area contributed by atoms with Crippen LogP contribution < -0.4 is 0 Å². The van der Waals surface area contributed by atoms with E-state index in [1.165, 1.54) is 32.6 Å². The van der Waals surface area contributed by atoms with Crippen LogP contribution in [-0.4, -0.2) is 23.6 Å². The van der Waals surface area contributed by atoms with Crippen LogP contribution in [0, 0.1) is 0 Å². The fourth-order valence-electron chi connectivity index (χ4n) is 3.25. The van der Waals surface area contributed by atoms with Gasteiger partial charge in [-0.3, -0.25) is 4.90 Å². The maximum absolute atomic E-state index is 2.42. The van der Waals surface area contributed by atoms with Crippen LogP contribution in [-0.2, 0) is 6.67 Å². The van der Waals surface area contributed by atoms with Crippen LogP contribution in [0.25, 0.3) is 32.6 Å². The zero-order valence-corrected chi connectivity index (χ0v) is 12.4. The minimum absolute atomic E-state index is 0.887. The molecule has 0 aliphatic carbocycles. The maximum atomic E-state index is 2.42. The smallest absolute Gasteiger partial charge is 0.0752 e. The largest absolute Gasteiger partial charge is 0.326 e. The van der Waals surface area contributed by atoms with Crippen molar-refractivity contribution in [3.8, 4) is 0 Å². The molecule has 0 saturated heterocycles. The first-order chi connectivity index (χ1) is 10.3. The molecule has 0 N–H and O–H groups in total. The van der Waals surface area contributed by atoms with Crippen LogP contribution in [0.2, 0.25) is 0 Å². The third-order valence-electron chi connectivity index (χ3n) is 4.08. The number of fused-ring (bicyclic) bond motifs is 5. The van der Waals surface area contributed by atoms with Gasteiger partial charge in [0, 0.05) is 16.2 Å². The molecule has 21 heavy (non-hydrogen) atoms. The average Bonchev–Trinajstić information content (AvgIpc) is 2.82. The molecule has 0 unspecified atom stereocenters. The molecule has 2 nitrogen and oxygen atoms in total. The van der Waals surface area contributed by atoms with Gasteiger partial charge in [0.05, 0.1) is 17.7 Å². The summed E-state index contributed by atoms with van der Waals surface area (Å²) >= 11 is 0. The molecule has 104 valence electrons. The van der Waals surface area contributed by atoms with E-state index in [9.17, 15) is 0 Å². The van der Waals surface area contributed by atoms with Crippen LogP contribution >= 0.6 is 0 Å². The van der Waals surface area contributed by atoms with Crippen LogP contribution in [0.15, 0.2) is 60.7 Å². The number of benzene rings is 3. The minimum Gasteiger partial charge on any atom is -0.326 e. The van der Waals surface area contributed by atoms with E-state index in [4.69, 9.17) is 0 Å². The molecule has 0 fully saturated rings. The molecule has 0 spiro atoms. The van der Waals surface area contributed by atoms with Gasteiger partial charge in [0.15, 0.2) is 0 Å². The molecule has 0 atom stereocenters. The van der Waals surface area contributed by atoms with Crippen molar-refractivity contribution in [3.63, 3.8) is 0 Å². The maximum Gasteiger partial charge on any atom is 0.0752 e. The third-order valence-corrected chi connectivity index (χ3v) is 4.08. The molecule has 0 saturated carbocycles. The highest BCUT2D eigenvalue weighted by Crippen LogP contribution is 2.34. The molecule has 4 rings (SSSR count). The lowest BCUT2D eigenvalue weighted by Gasteiger charge is -2.14. The first kappa shape index (κ1) is 12.4. The zero-order chi connectivity index (χ0) is 14.4. The summed E-state index contributed by atoms with van der Waals surface area (Å²) in [7, 11) is 4.23. The summed E-state index contributed by atoms with van der Waals surface area (Å²) in [6.07, 6.45) is 0. The summed E-state index contributed by atoms with van der Waals surface area (Å²) in [5.41, 5.74) is 2.64. The molecule has 0 aliphatic rings. The number of hydrogen-bond donors (Lipinski definition) is 0. The summed E-state index contributed by atoms with van der Waals surface area (Å²) < 4.78 is 2.42. The Morgan fingerprint density at radius 1 is 0.762 bits per heavy atom. The van der Waals surface area contributed by atoms with Gasteiger partial charge in [-0.05, 0) is 25.5 Å². The molecular weight excluding hydrogens is 256 g/mol. The van der Waals surface area contributed by atoms with Crippen molar-refractivity contribution in [2.24, 2.45) is 0 Å². The number of aromatic nitrogens is 1. The average molecular weight is 274 g/mol. The van der Waals surface area contributed by atoms with Gasteiger partial charge in [0.25, 0.3) is 0 Å². The fourth-order valence-corrected chi connectivity index (χ4v) is 3.25. The first-order valence-electron chi connectivity index (χ1n) is 7.29. The van der Waals surface area contributed by atoms with Crippen molar-refractivity contribution in [2.45, 2.75) is 6.67 Å². The summed E-state index contributed by atoms with van der Waals surface area (Å²) in [6, 6.07) is 21.8. The lowest BCUT2D eigenvalue weighted by molar-refractivity contribution is 0.338. The van der Waals surface area contributed by atoms with Gasteiger partial charge in [-0.2, -0.15) is 0 Å². The first-order valence-corrected chi connectivity index (χ1v) is 7.29. The van der Waals surface area contributed by atoms with Crippen LogP contribution in [0.5, 0.6) is 0 Å². The molecule has 3 aromatic carbocycles. The Labute approximate surface area is 124 Å². The lowest BCUT2D eigenvalue weighted by Crippen LogP contribution is -2.16. The van der Waals surface area contributed by atoms with Crippen LogP contribution in [0.4, 0.5) is 0 Å². The van der Waals surface area contributed by atoms with Crippen molar-refractivity contribution in [3.05, 3.63) is 60.7 Å². The molecule has 0 amide bonds.